The Balaban J connectivity index is 1.68. The molecule has 1 atom stereocenters. The molecule has 0 saturated heterocycles. The summed E-state index contributed by atoms with van der Waals surface area (Å²) in [6.45, 7) is 0. The molecule has 3 N–H and O–H groups in total. The Labute approximate surface area is 214 Å². The maximum absolute atomic E-state index is 14.1. The van der Waals surface area contributed by atoms with Crippen LogP contribution in [0.4, 0.5) is 32.8 Å². The SMILES string of the molecule is CNc1nc2c3c(c(NC(=O)c4cc(F)cc(C(F)(F)F)c4)cc2s1)C(c1cc(F)ccc1Cl)NC3=O. The van der Waals surface area contributed by atoms with Crippen LogP contribution < -0.4 is 16.0 Å². The van der Waals surface area contributed by atoms with E-state index in [1.54, 1.807) is 7.05 Å². The van der Waals surface area contributed by atoms with Gasteiger partial charge in [-0.2, -0.15) is 13.2 Å². The molecular weight excluding hydrogens is 539 g/mol. The molecule has 0 aliphatic carbocycles. The van der Waals surface area contributed by atoms with E-state index < -0.39 is 46.8 Å². The van der Waals surface area contributed by atoms with Crippen LogP contribution in [0.2, 0.25) is 5.02 Å². The molecule has 4 aromatic rings. The van der Waals surface area contributed by atoms with Gasteiger partial charge in [-0.15, -0.1) is 0 Å². The number of hydrogen-bond donors (Lipinski definition) is 3. The molecule has 2 heterocycles. The quantitative estimate of drug-likeness (QED) is 0.257. The molecule has 1 aliphatic heterocycles. The second kappa shape index (κ2) is 8.96. The number of fused-ring (bicyclic) bond motifs is 3. The first-order chi connectivity index (χ1) is 17.5. The fourth-order valence-electron chi connectivity index (χ4n) is 4.14. The van der Waals surface area contributed by atoms with Gasteiger partial charge in [-0.25, -0.2) is 13.8 Å². The Kier molecular flexibility index (Phi) is 6.03. The number of anilines is 2. The third-order valence-electron chi connectivity index (χ3n) is 5.73. The summed E-state index contributed by atoms with van der Waals surface area (Å²) < 4.78 is 68.1. The predicted octanol–water partition coefficient (Wildman–Crippen LogP) is 6.37. The van der Waals surface area contributed by atoms with Crippen molar-refractivity contribution in [1.82, 2.24) is 10.3 Å². The lowest BCUT2D eigenvalue weighted by molar-refractivity contribution is -0.137. The molecule has 5 rings (SSSR count). The number of nitrogens with one attached hydrogen (secondary N) is 3. The molecule has 0 spiro atoms. The molecule has 0 fully saturated rings. The highest BCUT2D eigenvalue weighted by atomic mass is 35.5. The fourth-order valence-corrected chi connectivity index (χ4v) is 5.24. The summed E-state index contributed by atoms with van der Waals surface area (Å²) in [5.41, 5.74) is -1.09. The smallest absolute Gasteiger partial charge is 0.365 e. The summed E-state index contributed by atoms with van der Waals surface area (Å²) in [6.07, 6.45) is -4.88. The number of amides is 2. The highest BCUT2D eigenvalue weighted by Crippen LogP contribution is 2.44. The van der Waals surface area contributed by atoms with Crippen molar-refractivity contribution < 1.29 is 31.5 Å². The van der Waals surface area contributed by atoms with Crippen molar-refractivity contribution in [3.63, 3.8) is 0 Å². The normalized spacial score (nSPS) is 15.0. The van der Waals surface area contributed by atoms with E-state index in [-0.39, 0.29) is 33.5 Å². The average Bonchev–Trinajstić information content (AvgIpc) is 3.40. The maximum Gasteiger partial charge on any atom is 0.416 e. The number of thiazole rings is 1. The van der Waals surface area contributed by atoms with E-state index >= 15 is 0 Å². The molecule has 13 heteroatoms. The van der Waals surface area contributed by atoms with Gasteiger partial charge in [0.1, 0.15) is 11.6 Å². The summed E-state index contributed by atoms with van der Waals surface area (Å²) >= 11 is 7.45. The molecule has 190 valence electrons. The zero-order valence-corrected chi connectivity index (χ0v) is 20.1. The zero-order valence-electron chi connectivity index (χ0n) is 18.6. The van der Waals surface area contributed by atoms with Crippen molar-refractivity contribution in [2.75, 3.05) is 17.7 Å². The summed E-state index contributed by atoms with van der Waals surface area (Å²) in [6, 6.07) is 5.52. The van der Waals surface area contributed by atoms with Crippen molar-refractivity contribution in [2.24, 2.45) is 0 Å². The van der Waals surface area contributed by atoms with Crippen LogP contribution in [0.1, 0.15) is 43.4 Å². The Morgan fingerprint density at radius 1 is 1.11 bits per heavy atom. The Morgan fingerprint density at radius 2 is 1.86 bits per heavy atom. The highest BCUT2D eigenvalue weighted by molar-refractivity contribution is 7.22. The van der Waals surface area contributed by atoms with Crippen LogP contribution in [0.3, 0.4) is 0 Å². The van der Waals surface area contributed by atoms with Crippen molar-refractivity contribution in [2.45, 2.75) is 12.2 Å². The Morgan fingerprint density at radius 3 is 2.57 bits per heavy atom. The van der Waals surface area contributed by atoms with Crippen LogP contribution in [0.5, 0.6) is 0 Å². The molecule has 2 amide bonds. The lowest BCUT2D eigenvalue weighted by Gasteiger charge is -2.18. The standard InChI is InChI=1S/C24H14ClF5N4O2S/c1-31-23-34-20-16(37-23)8-15(32-21(35)9-4-10(24(28,29)30)6-12(27)5-9)17-18(20)22(36)33-19(17)13-7-11(26)2-3-14(13)25/h2-8,19H,1H3,(H,31,34)(H,32,35)(H,33,36). The first kappa shape index (κ1) is 24.9. The van der Waals surface area contributed by atoms with Gasteiger partial charge in [0.2, 0.25) is 0 Å². The first-order valence-electron chi connectivity index (χ1n) is 10.6. The summed E-state index contributed by atoms with van der Waals surface area (Å²) in [7, 11) is 1.62. The molecule has 37 heavy (non-hydrogen) atoms. The zero-order chi connectivity index (χ0) is 26.6. The van der Waals surface area contributed by atoms with Crippen molar-refractivity contribution in [1.29, 1.82) is 0 Å². The molecule has 1 aromatic heterocycles. The number of aromatic nitrogens is 1. The minimum atomic E-state index is -4.88. The molecule has 1 aliphatic rings. The van der Waals surface area contributed by atoms with E-state index in [1.807, 2.05) is 0 Å². The molecule has 0 saturated carbocycles. The maximum atomic E-state index is 14.1. The third kappa shape index (κ3) is 4.46. The van der Waals surface area contributed by atoms with Crippen LogP contribution in [-0.2, 0) is 6.18 Å². The summed E-state index contributed by atoms with van der Waals surface area (Å²) in [5, 5.41) is 8.66. The van der Waals surface area contributed by atoms with E-state index in [2.05, 4.69) is 20.9 Å². The summed E-state index contributed by atoms with van der Waals surface area (Å²) in [4.78, 5) is 30.5. The van der Waals surface area contributed by atoms with E-state index in [1.165, 1.54) is 12.1 Å². The van der Waals surface area contributed by atoms with Crippen molar-refractivity contribution in [3.05, 3.63) is 86.9 Å². The number of halogens is 6. The van der Waals surface area contributed by atoms with Gasteiger partial charge in [-0.1, -0.05) is 22.9 Å². The largest absolute Gasteiger partial charge is 0.416 e. The van der Waals surface area contributed by atoms with Crippen LogP contribution >= 0.6 is 22.9 Å². The van der Waals surface area contributed by atoms with Gasteiger partial charge >= 0.3 is 6.18 Å². The van der Waals surface area contributed by atoms with Gasteiger partial charge in [0, 0.05) is 34.4 Å². The lowest BCUT2D eigenvalue weighted by atomic mass is 9.95. The van der Waals surface area contributed by atoms with Crippen LogP contribution in [0.25, 0.3) is 10.2 Å². The highest BCUT2D eigenvalue weighted by Gasteiger charge is 2.37. The van der Waals surface area contributed by atoms with E-state index in [0.29, 0.717) is 27.5 Å². The predicted molar refractivity (Wildman–Crippen MR) is 129 cm³/mol. The first-order valence-corrected chi connectivity index (χ1v) is 11.8. The number of carbonyl (C=O) groups is 2. The lowest BCUT2D eigenvalue weighted by Crippen LogP contribution is -2.21. The van der Waals surface area contributed by atoms with Gasteiger partial charge in [-0.3, -0.25) is 9.59 Å². The molecule has 6 nitrogen and oxygen atoms in total. The van der Waals surface area contributed by atoms with E-state index in [4.69, 9.17) is 11.6 Å². The molecule has 0 bridgehead atoms. The van der Waals surface area contributed by atoms with Crippen molar-refractivity contribution >= 4 is 55.8 Å². The fraction of sp³-hybridized carbons (Fsp3) is 0.125. The summed E-state index contributed by atoms with van der Waals surface area (Å²) in [5.74, 6) is -3.49. The Hall–Kier alpha value is -3.77. The topological polar surface area (TPSA) is 83.1 Å². The van der Waals surface area contributed by atoms with Gasteiger partial charge in [-0.05, 0) is 42.5 Å². The molecule has 0 radical (unpaired) electrons. The van der Waals surface area contributed by atoms with Crippen LogP contribution in [0, 0.1) is 11.6 Å². The van der Waals surface area contributed by atoms with E-state index in [0.717, 1.165) is 23.5 Å². The number of carbonyl (C=O) groups excluding carboxylic acids is 2. The second-order valence-electron chi connectivity index (χ2n) is 8.08. The number of alkyl halides is 3. The molecule has 1 unspecified atom stereocenters. The Bertz CT molecular complexity index is 1600. The second-order valence-corrected chi connectivity index (χ2v) is 9.52. The minimum Gasteiger partial charge on any atom is -0.365 e. The van der Waals surface area contributed by atoms with Crippen LogP contribution in [-0.4, -0.2) is 23.8 Å². The number of hydrogen-bond acceptors (Lipinski definition) is 5. The number of nitrogens with zero attached hydrogens (tertiary/aromatic N) is 1. The molecule has 3 aromatic carbocycles. The molecular formula is C24H14ClF5N4O2S. The van der Waals surface area contributed by atoms with Crippen molar-refractivity contribution in [3.8, 4) is 0 Å². The minimum absolute atomic E-state index is 0.0419. The van der Waals surface area contributed by atoms with Crippen LogP contribution in [0.15, 0.2) is 42.5 Å². The van der Waals surface area contributed by atoms with Gasteiger partial charge < -0.3 is 16.0 Å². The average molecular weight is 553 g/mol. The van der Waals surface area contributed by atoms with Gasteiger partial charge in [0.15, 0.2) is 5.13 Å². The van der Waals surface area contributed by atoms with E-state index in [9.17, 15) is 31.5 Å². The number of benzene rings is 3. The van der Waals surface area contributed by atoms with Gasteiger partial charge in [0.25, 0.3) is 11.8 Å². The van der Waals surface area contributed by atoms with Gasteiger partial charge in [0.05, 0.1) is 27.4 Å². The monoisotopic (exact) mass is 552 g/mol. The number of rotatable bonds is 4. The third-order valence-corrected chi connectivity index (χ3v) is 7.10.